The standard InChI is InChI=1S/C57H35N3O2/c1-4-15-36(16-5-1)39-21-12-22-41(33-39)43-23-10-11-24-44(43)42-30-32-50-48(35-42)54-46(26-14-28-52(54)62-50)57-59-55(38-19-8-3-9-20-38)58-56(60-57)45-25-13-27-51-53(45)47-34-40(29-31-49(47)61-51)37-17-6-2-7-18-37/h1-35H. The normalized spacial score (nSPS) is 11.5. The van der Waals surface area contributed by atoms with Crippen molar-refractivity contribution in [2.24, 2.45) is 0 Å². The van der Waals surface area contributed by atoms with Crippen LogP contribution in [0, 0.1) is 0 Å². The second-order valence-corrected chi connectivity index (χ2v) is 15.5. The fourth-order valence-corrected chi connectivity index (χ4v) is 8.82. The third-order valence-electron chi connectivity index (χ3n) is 11.8. The second-order valence-electron chi connectivity index (χ2n) is 15.5. The molecular weight excluding hydrogens is 759 g/mol. The van der Waals surface area contributed by atoms with Crippen molar-refractivity contribution in [2.45, 2.75) is 0 Å². The largest absolute Gasteiger partial charge is 0.456 e. The third-order valence-corrected chi connectivity index (χ3v) is 11.8. The van der Waals surface area contributed by atoms with Gasteiger partial charge >= 0.3 is 0 Å². The van der Waals surface area contributed by atoms with Gasteiger partial charge in [0.15, 0.2) is 17.5 Å². The number of hydrogen-bond acceptors (Lipinski definition) is 5. The Balaban J connectivity index is 1.04. The van der Waals surface area contributed by atoms with Crippen molar-refractivity contribution in [1.29, 1.82) is 0 Å². The van der Waals surface area contributed by atoms with Crippen molar-refractivity contribution < 1.29 is 8.83 Å². The first-order valence-electron chi connectivity index (χ1n) is 20.8. The van der Waals surface area contributed by atoms with Crippen LogP contribution in [0.3, 0.4) is 0 Å². The molecule has 0 bridgehead atoms. The fraction of sp³-hybridized carbons (Fsp3) is 0. The number of hydrogen-bond donors (Lipinski definition) is 0. The van der Waals surface area contributed by atoms with Crippen molar-refractivity contribution >= 4 is 43.9 Å². The van der Waals surface area contributed by atoms with Gasteiger partial charge in [0, 0.05) is 38.2 Å². The molecule has 0 N–H and O–H groups in total. The zero-order chi connectivity index (χ0) is 41.0. The van der Waals surface area contributed by atoms with Gasteiger partial charge in [0.2, 0.25) is 0 Å². The number of furan rings is 2. The maximum atomic E-state index is 6.57. The van der Waals surface area contributed by atoms with Crippen molar-refractivity contribution in [3.63, 3.8) is 0 Å². The Morgan fingerprint density at radius 3 is 1.19 bits per heavy atom. The molecular formula is C57H35N3O2. The lowest BCUT2D eigenvalue weighted by molar-refractivity contribution is 0.668. The molecule has 0 unspecified atom stereocenters. The van der Waals surface area contributed by atoms with Crippen LogP contribution in [0.5, 0.6) is 0 Å². The van der Waals surface area contributed by atoms with E-state index in [-0.39, 0.29) is 0 Å². The molecule has 12 aromatic rings. The highest BCUT2D eigenvalue weighted by atomic mass is 16.3. The summed E-state index contributed by atoms with van der Waals surface area (Å²) in [6.07, 6.45) is 0. The van der Waals surface area contributed by atoms with Crippen LogP contribution in [0.1, 0.15) is 0 Å². The highest BCUT2D eigenvalue weighted by Gasteiger charge is 2.21. The van der Waals surface area contributed by atoms with E-state index in [1.807, 2.05) is 60.7 Å². The zero-order valence-corrected chi connectivity index (χ0v) is 33.4. The van der Waals surface area contributed by atoms with Gasteiger partial charge in [0.1, 0.15) is 22.3 Å². The number of rotatable bonds is 7. The van der Waals surface area contributed by atoms with Gasteiger partial charge in [-0.25, -0.2) is 15.0 Å². The van der Waals surface area contributed by atoms with Gasteiger partial charge in [-0.2, -0.15) is 0 Å². The number of fused-ring (bicyclic) bond motifs is 6. The molecule has 62 heavy (non-hydrogen) atoms. The van der Waals surface area contributed by atoms with Gasteiger partial charge in [-0.3, -0.25) is 0 Å². The van der Waals surface area contributed by atoms with Gasteiger partial charge in [0.05, 0.1) is 0 Å². The van der Waals surface area contributed by atoms with Crippen LogP contribution in [-0.2, 0) is 0 Å². The lowest BCUT2D eigenvalue weighted by Crippen LogP contribution is -2.00. The van der Waals surface area contributed by atoms with Gasteiger partial charge in [-0.15, -0.1) is 0 Å². The van der Waals surface area contributed by atoms with Crippen LogP contribution in [0.25, 0.3) is 123 Å². The number of benzene rings is 9. The van der Waals surface area contributed by atoms with E-state index in [0.717, 1.165) is 93.9 Å². The highest BCUT2D eigenvalue weighted by Crippen LogP contribution is 2.42. The quantitative estimate of drug-likeness (QED) is 0.161. The summed E-state index contributed by atoms with van der Waals surface area (Å²) in [5.74, 6) is 1.70. The Morgan fingerprint density at radius 2 is 0.629 bits per heavy atom. The van der Waals surface area contributed by atoms with Crippen molar-refractivity contribution in [3.8, 4) is 78.7 Å². The summed E-state index contributed by atoms with van der Waals surface area (Å²) >= 11 is 0. The second kappa shape index (κ2) is 14.7. The molecule has 0 saturated heterocycles. The monoisotopic (exact) mass is 793 g/mol. The zero-order valence-electron chi connectivity index (χ0n) is 33.4. The molecule has 5 heteroatoms. The van der Waals surface area contributed by atoms with E-state index in [1.165, 1.54) is 11.1 Å². The van der Waals surface area contributed by atoms with Crippen LogP contribution in [-0.4, -0.2) is 15.0 Å². The van der Waals surface area contributed by atoms with E-state index in [0.29, 0.717) is 17.5 Å². The predicted molar refractivity (Wildman–Crippen MR) is 252 cm³/mol. The first-order valence-corrected chi connectivity index (χ1v) is 20.8. The van der Waals surface area contributed by atoms with Gasteiger partial charge < -0.3 is 8.83 Å². The van der Waals surface area contributed by atoms with Crippen LogP contribution < -0.4 is 0 Å². The lowest BCUT2D eigenvalue weighted by Gasteiger charge is -2.12. The van der Waals surface area contributed by atoms with E-state index in [9.17, 15) is 0 Å². The van der Waals surface area contributed by atoms with Crippen LogP contribution in [0.4, 0.5) is 0 Å². The minimum Gasteiger partial charge on any atom is -0.456 e. The van der Waals surface area contributed by atoms with E-state index < -0.39 is 0 Å². The number of nitrogens with zero attached hydrogens (tertiary/aromatic N) is 3. The molecule has 0 radical (unpaired) electrons. The van der Waals surface area contributed by atoms with Crippen molar-refractivity contribution in [3.05, 3.63) is 212 Å². The number of aromatic nitrogens is 3. The topological polar surface area (TPSA) is 65.0 Å². The Labute approximate surface area is 357 Å². The summed E-state index contributed by atoms with van der Waals surface area (Å²) in [6.45, 7) is 0. The predicted octanol–water partition coefficient (Wildman–Crippen LogP) is 15.3. The SMILES string of the molecule is c1ccc(-c2cccc(-c3ccccc3-c3ccc4oc5cccc(-c6nc(-c7ccccc7)nc(-c7cccc8oc9ccc(-c%10ccccc%10)cc9c78)n6)c5c4c3)c2)cc1. The minimum atomic E-state index is 0.556. The van der Waals surface area contributed by atoms with Gasteiger partial charge in [-0.05, 0) is 87.0 Å². The van der Waals surface area contributed by atoms with Gasteiger partial charge in [-0.1, -0.05) is 170 Å². The lowest BCUT2D eigenvalue weighted by atomic mass is 9.92. The Hall–Kier alpha value is -8.41. The van der Waals surface area contributed by atoms with Crippen LogP contribution in [0.2, 0.25) is 0 Å². The Kier molecular flexibility index (Phi) is 8.42. The third kappa shape index (κ3) is 6.14. The van der Waals surface area contributed by atoms with Crippen LogP contribution in [0.15, 0.2) is 221 Å². The average Bonchev–Trinajstić information content (AvgIpc) is 3.93. The molecule has 0 amide bonds. The molecule has 12 rings (SSSR count). The van der Waals surface area contributed by atoms with E-state index >= 15 is 0 Å². The molecule has 3 heterocycles. The van der Waals surface area contributed by atoms with Crippen molar-refractivity contribution in [1.82, 2.24) is 15.0 Å². The first kappa shape index (κ1) is 35.5. The molecule has 290 valence electrons. The Bertz CT molecular complexity index is 3630. The highest BCUT2D eigenvalue weighted by molar-refractivity contribution is 6.14. The molecule has 0 aliphatic heterocycles. The first-order chi connectivity index (χ1) is 30.7. The van der Waals surface area contributed by atoms with Crippen molar-refractivity contribution in [2.75, 3.05) is 0 Å². The summed E-state index contributed by atoms with van der Waals surface area (Å²) in [7, 11) is 0. The minimum absolute atomic E-state index is 0.556. The Morgan fingerprint density at radius 1 is 0.242 bits per heavy atom. The summed E-state index contributed by atoms with van der Waals surface area (Å²) in [4.78, 5) is 15.7. The molecule has 9 aromatic carbocycles. The van der Waals surface area contributed by atoms with Gasteiger partial charge in [0.25, 0.3) is 0 Å². The molecule has 3 aromatic heterocycles. The molecule has 0 spiro atoms. The fourth-order valence-electron chi connectivity index (χ4n) is 8.82. The summed E-state index contributed by atoms with van der Waals surface area (Å²) in [6, 6.07) is 73.4. The van der Waals surface area contributed by atoms with E-state index in [2.05, 4.69) is 152 Å². The molecule has 0 aliphatic rings. The van der Waals surface area contributed by atoms with Crippen LogP contribution >= 0.6 is 0 Å². The average molecular weight is 794 g/mol. The van der Waals surface area contributed by atoms with E-state index in [4.69, 9.17) is 23.8 Å². The molecule has 0 saturated carbocycles. The molecule has 0 fully saturated rings. The summed E-state index contributed by atoms with van der Waals surface area (Å²) in [5, 5.41) is 3.90. The molecule has 0 atom stereocenters. The smallest absolute Gasteiger partial charge is 0.164 e. The van der Waals surface area contributed by atoms with E-state index in [1.54, 1.807) is 0 Å². The maximum absolute atomic E-state index is 6.57. The summed E-state index contributed by atoms with van der Waals surface area (Å²) < 4.78 is 13.0. The molecule has 0 aliphatic carbocycles. The maximum Gasteiger partial charge on any atom is 0.164 e. The summed E-state index contributed by atoms with van der Waals surface area (Å²) in [5.41, 5.74) is 14.9. The molecule has 5 nitrogen and oxygen atoms in total.